The molecule has 0 spiro atoms. The van der Waals surface area contributed by atoms with Gasteiger partial charge >= 0.3 is 0 Å². The van der Waals surface area contributed by atoms with Crippen molar-refractivity contribution in [2.24, 2.45) is 5.41 Å². The number of rotatable bonds is 2. The molecule has 0 amide bonds. The molecule has 0 aliphatic carbocycles. The van der Waals surface area contributed by atoms with Gasteiger partial charge in [-0.05, 0) is 22.5 Å². The van der Waals surface area contributed by atoms with Crippen LogP contribution in [0.25, 0.3) is 0 Å². The fourth-order valence-electron chi connectivity index (χ4n) is 1.56. The molecular formula is C14H22O. The minimum absolute atomic E-state index is 0.0979. The first-order valence-corrected chi connectivity index (χ1v) is 5.60. The lowest BCUT2D eigenvalue weighted by Gasteiger charge is -2.26. The molecule has 1 rings (SSSR count). The summed E-state index contributed by atoms with van der Waals surface area (Å²) in [5, 5.41) is 10.1. The summed E-state index contributed by atoms with van der Waals surface area (Å²) in [7, 11) is 0. The molecule has 1 unspecified atom stereocenters. The maximum absolute atomic E-state index is 10.1. The number of benzene rings is 1. The molecule has 1 N–H and O–H groups in total. The van der Waals surface area contributed by atoms with Crippen molar-refractivity contribution in [2.45, 2.75) is 46.6 Å². The number of hydrogen-bond acceptors (Lipinski definition) is 1. The Morgan fingerprint density at radius 3 is 1.67 bits per heavy atom. The lowest BCUT2D eigenvalue weighted by Crippen LogP contribution is -2.17. The topological polar surface area (TPSA) is 20.2 Å². The third-order valence-electron chi connectivity index (χ3n) is 2.74. The number of aliphatic hydroxyl groups is 1. The third-order valence-corrected chi connectivity index (χ3v) is 2.74. The first-order valence-electron chi connectivity index (χ1n) is 5.60. The second-order valence-corrected chi connectivity index (χ2v) is 5.59. The summed E-state index contributed by atoms with van der Waals surface area (Å²) >= 11 is 0. The Labute approximate surface area is 93.1 Å². The summed E-state index contributed by atoms with van der Waals surface area (Å²) in [5.41, 5.74) is 2.23. The molecule has 84 valence electrons. The minimum atomic E-state index is -0.390. The van der Waals surface area contributed by atoms with Crippen LogP contribution in [0.1, 0.15) is 57.8 Å². The highest BCUT2D eigenvalue weighted by Crippen LogP contribution is 2.32. The van der Waals surface area contributed by atoms with Crippen LogP contribution >= 0.6 is 0 Å². The van der Waals surface area contributed by atoms with Crippen molar-refractivity contribution in [3.05, 3.63) is 35.4 Å². The van der Waals surface area contributed by atoms with Gasteiger partial charge in [0.1, 0.15) is 0 Å². The van der Waals surface area contributed by atoms with E-state index in [-0.39, 0.29) is 5.41 Å². The van der Waals surface area contributed by atoms with Crippen LogP contribution < -0.4 is 0 Å². The van der Waals surface area contributed by atoms with Gasteiger partial charge in [0, 0.05) is 0 Å². The van der Waals surface area contributed by atoms with Crippen molar-refractivity contribution in [3.63, 3.8) is 0 Å². The highest BCUT2D eigenvalue weighted by molar-refractivity contribution is 5.26. The van der Waals surface area contributed by atoms with Gasteiger partial charge < -0.3 is 5.11 Å². The lowest BCUT2D eigenvalue weighted by molar-refractivity contribution is 0.0626. The predicted octanol–water partition coefficient (Wildman–Crippen LogP) is 3.89. The summed E-state index contributed by atoms with van der Waals surface area (Å²) in [4.78, 5) is 0. The molecule has 0 fully saturated rings. The van der Waals surface area contributed by atoms with E-state index >= 15 is 0 Å². The minimum Gasteiger partial charge on any atom is -0.388 e. The van der Waals surface area contributed by atoms with Crippen LogP contribution in [-0.4, -0.2) is 5.11 Å². The van der Waals surface area contributed by atoms with E-state index in [1.54, 1.807) is 0 Å². The van der Waals surface area contributed by atoms with Crippen molar-refractivity contribution in [1.29, 1.82) is 0 Å². The molecule has 0 aliphatic heterocycles. The summed E-state index contributed by atoms with van der Waals surface area (Å²) in [6, 6.07) is 8.28. The Morgan fingerprint density at radius 2 is 1.33 bits per heavy atom. The fourth-order valence-corrected chi connectivity index (χ4v) is 1.56. The van der Waals surface area contributed by atoms with Crippen LogP contribution in [-0.2, 0) is 0 Å². The molecule has 1 aromatic carbocycles. The summed E-state index contributed by atoms with van der Waals surface area (Å²) < 4.78 is 0. The summed E-state index contributed by atoms with van der Waals surface area (Å²) in [5.74, 6) is 0.547. The molecule has 0 aromatic heterocycles. The summed E-state index contributed by atoms with van der Waals surface area (Å²) in [6.45, 7) is 10.5. The van der Waals surface area contributed by atoms with E-state index in [4.69, 9.17) is 0 Å². The van der Waals surface area contributed by atoms with E-state index in [0.29, 0.717) is 5.92 Å². The van der Waals surface area contributed by atoms with Gasteiger partial charge in [0.25, 0.3) is 0 Å². The van der Waals surface area contributed by atoms with Crippen LogP contribution in [0.15, 0.2) is 24.3 Å². The SMILES string of the molecule is CC(C)c1ccc(C(O)C(C)(C)C)cc1. The molecule has 1 aromatic rings. The van der Waals surface area contributed by atoms with Crippen LogP contribution in [0.4, 0.5) is 0 Å². The van der Waals surface area contributed by atoms with Gasteiger partial charge in [-0.1, -0.05) is 58.9 Å². The second kappa shape index (κ2) is 4.36. The second-order valence-electron chi connectivity index (χ2n) is 5.59. The fraction of sp³-hybridized carbons (Fsp3) is 0.571. The van der Waals surface area contributed by atoms with Crippen LogP contribution in [0.5, 0.6) is 0 Å². The molecule has 0 saturated carbocycles. The van der Waals surface area contributed by atoms with Gasteiger partial charge in [-0.25, -0.2) is 0 Å². The van der Waals surface area contributed by atoms with Crippen molar-refractivity contribution < 1.29 is 5.11 Å². The number of hydrogen-bond donors (Lipinski definition) is 1. The molecule has 15 heavy (non-hydrogen) atoms. The lowest BCUT2D eigenvalue weighted by atomic mass is 9.84. The first-order chi connectivity index (χ1) is 6.82. The van der Waals surface area contributed by atoms with E-state index in [2.05, 4.69) is 26.0 Å². The average molecular weight is 206 g/mol. The zero-order chi connectivity index (χ0) is 11.6. The molecule has 1 heteroatoms. The largest absolute Gasteiger partial charge is 0.388 e. The third kappa shape index (κ3) is 3.07. The van der Waals surface area contributed by atoms with Crippen LogP contribution in [0.2, 0.25) is 0 Å². The van der Waals surface area contributed by atoms with Gasteiger partial charge in [-0.15, -0.1) is 0 Å². The van der Waals surface area contributed by atoms with Crippen molar-refractivity contribution in [3.8, 4) is 0 Å². The molecule has 0 bridgehead atoms. The standard InChI is InChI=1S/C14H22O/c1-10(2)11-6-8-12(9-7-11)13(15)14(3,4)5/h6-10,13,15H,1-5H3. The molecule has 1 atom stereocenters. The van der Waals surface area contributed by atoms with E-state index in [0.717, 1.165) is 5.56 Å². The summed E-state index contributed by atoms with van der Waals surface area (Å²) in [6.07, 6.45) is -0.390. The molecule has 0 radical (unpaired) electrons. The highest BCUT2D eigenvalue weighted by Gasteiger charge is 2.23. The maximum atomic E-state index is 10.1. The zero-order valence-electron chi connectivity index (χ0n) is 10.4. The predicted molar refractivity (Wildman–Crippen MR) is 64.9 cm³/mol. The molecule has 0 heterocycles. The Hall–Kier alpha value is -0.820. The van der Waals surface area contributed by atoms with Gasteiger partial charge in [-0.2, -0.15) is 0 Å². The zero-order valence-corrected chi connectivity index (χ0v) is 10.4. The Bertz CT molecular complexity index is 303. The van der Waals surface area contributed by atoms with Crippen LogP contribution in [0, 0.1) is 5.41 Å². The van der Waals surface area contributed by atoms with E-state index < -0.39 is 6.10 Å². The smallest absolute Gasteiger partial charge is 0.0838 e. The van der Waals surface area contributed by atoms with Gasteiger partial charge in [0.2, 0.25) is 0 Å². The molecule has 0 saturated heterocycles. The van der Waals surface area contributed by atoms with Crippen LogP contribution in [0.3, 0.4) is 0 Å². The van der Waals surface area contributed by atoms with Gasteiger partial charge in [0.05, 0.1) is 6.10 Å². The Kier molecular flexibility index (Phi) is 3.56. The van der Waals surface area contributed by atoms with Crippen molar-refractivity contribution in [2.75, 3.05) is 0 Å². The van der Waals surface area contributed by atoms with Crippen molar-refractivity contribution in [1.82, 2.24) is 0 Å². The first kappa shape index (κ1) is 12.3. The quantitative estimate of drug-likeness (QED) is 0.778. The van der Waals surface area contributed by atoms with Crippen molar-refractivity contribution >= 4 is 0 Å². The molecule has 1 nitrogen and oxygen atoms in total. The van der Waals surface area contributed by atoms with Gasteiger partial charge in [-0.3, -0.25) is 0 Å². The van der Waals surface area contributed by atoms with E-state index in [1.165, 1.54) is 5.56 Å². The highest BCUT2D eigenvalue weighted by atomic mass is 16.3. The monoisotopic (exact) mass is 206 g/mol. The Balaban J connectivity index is 2.89. The van der Waals surface area contributed by atoms with E-state index in [1.807, 2.05) is 32.9 Å². The van der Waals surface area contributed by atoms with Gasteiger partial charge in [0.15, 0.2) is 0 Å². The van der Waals surface area contributed by atoms with E-state index in [9.17, 15) is 5.11 Å². The molecule has 0 aliphatic rings. The average Bonchev–Trinajstić information content (AvgIpc) is 2.15. The number of aliphatic hydroxyl groups excluding tert-OH is 1. The maximum Gasteiger partial charge on any atom is 0.0838 e. The Morgan fingerprint density at radius 1 is 0.933 bits per heavy atom. The normalized spacial score (nSPS) is 14.3. The molecular weight excluding hydrogens is 184 g/mol.